The van der Waals surface area contributed by atoms with Crippen LogP contribution in [0.25, 0.3) is 16.7 Å². The number of aryl methyl sites for hydroxylation is 1. The summed E-state index contributed by atoms with van der Waals surface area (Å²) in [6, 6.07) is 15.6. The van der Waals surface area contributed by atoms with Gasteiger partial charge in [-0.1, -0.05) is 18.7 Å². The average molecular weight is 566 g/mol. The SMILES string of the molecule is C=CC(=O)N1CCN(c2cc3cnc(NC4CC4)nc3n(-c3ccc(OCCN(C)C)cc3)c2=O)c2cccc(C)c21. The third-order valence-corrected chi connectivity index (χ3v) is 7.59. The molecule has 1 aliphatic carbocycles. The molecule has 1 aliphatic heterocycles. The van der Waals surface area contributed by atoms with Crippen molar-refractivity contribution in [2.24, 2.45) is 0 Å². The zero-order valence-corrected chi connectivity index (χ0v) is 24.2. The molecule has 10 heteroatoms. The highest BCUT2D eigenvalue weighted by molar-refractivity contribution is 6.05. The van der Waals surface area contributed by atoms with Crippen LogP contribution in [0.5, 0.6) is 5.75 Å². The highest BCUT2D eigenvalue weighted by Gasteiger charge is 2.30. The molecular formula is C32H35N7O3. The molecular weight excluding hydrogens is 530 g/mol. The Bertz CT molecular complexity index is 1710. The van der Waals surface area contributed by atoms with Crippen LogP contribution in [0.15, 0.2) is 72.2 Å². The van der Waals surface area contributed by atoms with E-state index in [-0.39, 0.29) is 11.5 Å². The van der Waals surface area contributed by atoms with Gasteiger partial charge in [0.25, 0.3) is 11.5 Å². The first-order valence-electron chi connectivity index (χ1n) is 14.2. The predicted octanol–water partition coefficient (Wildman–Crippen LogP) is 4.27. The van der Waals surface area contributed by atoms with E-state index in [4.69, 9.17) is 9.72 Å². The summed E-state index contributed by atoms with van der Waals surface area (Å²) in [6.45, 7) is 7.87. The van der Waals surface area contributed by atoms with Gasteiger partial charge in [-0.15, -0.1) is 0 Å². The number of anilines is 4. The Morgan fingerprint density at radius 3 is 2.64 bits per heavy atom. The number of hydrogen-bond donors (Lipinski definition) is 1. The van der Waals surface area contributed by atoms with E-state index in [1.807, 2.05) is 74.4 Å². The molecule has 2 aromatic heterocycles. The Labute approximate surface area is 244 Å². The van der Waals surface area contributed by atoms with Crippen molar-refractivity contribution in [2.45, 2.75) is 25.8 Å². The first-order valence-corrected chi connectivity index (χ1v) is 14.2. The van der Waals surface area contributed by atoms with Gasteiger partial charge in [0, 0.05) is 37.3 Å². The van der Waals surface area contributed by atoms with Gasteiger partial charge in [-0.05, 0) is 81.9 Å². The molecule has 1 amide bonds. The fraction of sp³-hybridized carbons (Fsp3) is 0.312. The van der Waals surface area contributed by atoms with Gasteiger partial charge in [0.15, 0.2) is 5.65 Å². The van der Waals surface area contributed by atoms with Crippen LogP contribution in [-0.2, 0) is 4.79 Å². The number of fused-ring (bicyclic) bond motifs is 2. The predicted molar refractivity (Wildman–Crippen MR) is 167 cm³/mol. The maximum absolute atomic E-state index is 14.4. The van der Waals surface area contributed by atoms with E-state index in [9.17, 15) is 9.59 Å². The topological polar surface area (TPSA) is 95.8 Å². The van der Waals surface area contributed by atoms with E-state index in [0.717, 1.165) is 47.5 Å². The second-order valence-corrected chi connectivity index (χ2v) is 11.0. The monoisotopic (exact) mass is 565 g/mol. The maximum atomic E-state index is 14.4. The Balaban J connectivity index is 1.47. The molecule has 0 unspecified atom stereocenters. The van der Waals surface area contributed by atoms with Crippen molar-refractivity contribution >= 4 is 40.0 Å². The van der Waals surface area contributed by atoms with Crippen LogP contribution in [0.2, 0.25) is 0 Å². The minimum absolute atomic E-state index is 0.168. The lowest BCUT2D eigenvalue weighted by Gasteiger charge is -2.38. The summed E-state index contributed by atoms with van der Waals surface area (Å²) in [6.07, 6.45) is 5.26. The molecule has 4 aromatic rings. The number of rotatable bonds is 9. The second kappa shape index (κ2) is 11.3. The third-order valence-electron chi connectivity index (χ3n) is 7.59. The first-order chi connectivity index (χ1) is 20.3. The Hall–Kier alpha value is -4.70. The number of nitrogens with zero attached hydrogens (tertiary/aromatic N) is 6. The number of carbonyl (C=O) groups excluding carboxylic acids is 1. The van der Waals surface area contributed by atoms with Crippen LogP contribution in [-0.4, -0.2) is 71.7 Å². The van der Waals surface area contributed by atoms with Crippen LogP contribution in [0.3, 0.4) is 0 Å². The first kappa shape index (κ1) is 27.5. The summed E-state index contributed by atoms with van der Waals surface area (Å²) in [5, 5.41) is 4.08. The lowest BCUT2D eigenvalue weighted by Crippen LogP contribution is -2.43. The second-order valence-electron chi connectivity index (χ2n) is 11.0. The highest BCUT2D eigenvalue weighted by atomic mass is 16.5. The van der Waals surface area contributed by atoms with Crippen molar-refractivity contribution in [2.75, 3.05) is 55.5 Å². The molecule has 2 aliphatic rings. The van der Waals surface area contributed by atoms with Crippen LogP contribution in [0.1, 0.15) is 18.4 Å². The number of ether oxygens (including phenoxy) is 1. The summed E-state index contributed by atoms with van der Waals surface area (Å²) in [5.74, 6) is 1.07. The molecule has 6 rings (SSSR count). The van der Waals surface area contributed by atoms with Gasteiger partial charge in [0.2, 0.25) is 5.95 Å². The summed E-state index contributed by atoms with van der Waals surface area (Å²) < 4.78 is 7.53. The Morgan fingerprint density at radius 2 is 1.93 bits per heavy atom. The van der Waals surface area contributed by atoms with Crippen molar-refractivity contribution < 1.29 is 9.53 Å². The number of para-hydroxylation sites is 1. The van der Waals surface area contributed by atoms with E-state index in [2.05, 4.69) is 21.8 Å². The number of likely N-dealkylation sites (N-methyl/N-ethyl adjacent to an activating group) is 1. The molecule has 1 N–H and O–H groups in total. The standard InChI is InChI=1S/C32H35N7O3/c1-5-28(40)38-16-15-37(26-8-6-7-21(2)29(26)38)27-19-22-20-33-32(34-23-9-10-23)35-30(22)39(31(27)41)24-11-13-25(14-12-24)42-18-17-36(3)4/h5-8,11-14,19-20,23H,1,9-10,15-18H2,2-4H3,(H,33,34,35). The van der Waals surface area contributed by atoms with Gasteiger partial charge < -0.3 is 24.8 Å². The molecule has 0 saturated heterocycles. The van der Waals surface area contributed by atoms with Crippen LogP contribution >= 0.6 is 0 Å². The molecule has 216 valence electrons. The number of nitrogens with one attached hydrogen (secondary N) is 1. The maximum Gasteiger partial charge on any atom is 0.280 e. The normalized spacial score (nSPS) is 14.7. The van der Waals surface area contributed by atoms with E-state index < -0.39 is 0 Å². The number of hydrogen-bond acceptors (Lipinski definition) is 8. The molecule has 0 atom stereocenters. The Kier molecular flexibility index (Phi) is 7.38. The van der Waals surface area contributed by atoms with Gasteiger partial charge >= 0.3 is 0 Å². The number of amides is 1. The average Bonchev–Trinajstić information content (AvgIpc) is 3.81. The third kappa shape index (κ3) is 5.33. The molecule has 1 saturated carbocycles. The van der Waals surface area contributed by atoms with Crippen molar-refractivity contribution in [3.05, 3.63) is 83.3 Å². The summed E-state index contributed by atoms with van der Waals surface area (Å²) >= 11 is 0. The minimum Gasteiger partial charge on any atom is -0.492 e. The molecule has 10 nitrogen and oxygen atoms in total. The number of benzene rings is 2. The van der Waals surface area contributed by atoms with Crippen molar-refractivity contribution in [3.8, 4) is 11.4 Å². The minimum atomic E-state index is -0.212. The van der Waals surface area contributed by atoms with E-state index in [1.165, 1.54) is 6.08 Å². The molecule has 42 heavy (non-hydrogen) atoms. The van der Waals surface area contributed by atoms with Gasteiger partial charge in [0.05, 0.1) is 17.1 Å². The van der Waals surface area contributed by atoms with Crippen molar-refractivity contribution in [1.29, 1.82) is 0 Å². The van der Waals surface area contributed by atoms with Crippen molar-refractivity contribution in [3.63, 3.8) is 0 Å². The largest absolute Gasteiger partial charge is 0.492 e. The van der Waals surface area contributed by atoms with Crippen LogP contribution < -0.4 is 25.4 Å². The van der Waals surface area contributed by atoms with E-state index in [0.29, 0.717) is 48.7 Å². The Morgan fingerprint density at radius 1 is 1.14 bits per heavy atom. The van der Waals surface area contributed by atoms with Gasteiger partial charge in [0.1, 0.15) is 18.0 Å². The summed E-state index contributed by atoms with van der Waals surface area (Å²) in [4.78, 5) is 42.3. The molecule has 0 spiro atoms. The van der Waals surface area contributed by atoms with Crippen LogP contribution in [0.4, 0.5) is 23.0 Å². The number of aromatic nitrogens is 3. The summed E-state index contributed by atoms with van der Waals surface area (Å²) in [5.41, 5.74) is 3.98. The molecule has 3 heterocycles. The zero-order chi connectivity index (χ0) is 29.4. The quantitative estimate of drug-likeness (QED) is 0.301. The molecule has 1 fully saturated rings. The van der Waals surface area contributed by atoms with E-state index >= 15 is 0 Å². The number of pyridine rings is 1. The lowest BCUT2D eigenvalue weighted by atomic mass is 10.1. The van der Waals surface area contributed by atoms with Gasteiger partial charge in [-0.2, -0.15) is 4.98 Å². The van der Waals surface area contributed by atoms with Gasteiger partial charge in [-0.3, -0.25) is 14.2 Å². The van der Waals surface area contributed by atoms with E-state index in [1.54, 1.807) is 15.7 Å². The smallest absolute Gasteiger partial charge is 0.280 e. The van der Waals surface area contributed by atoms with Crippen molar-refractivity contribution in [1.82, 2.24) is 19.4 Å². The molecule has 0 radical (unpaired) electrons. The number of carbonyl (C=O) groups is 1. The van der Waals surface area contributed by atoms with Crippen LogP contribution in [0, 0.1) is 6.92 Å². The molecule has 0 bridgehead atoms. The molecule has 2 aromatic carbocycles. The lowest BCUT2D eigenvalue weighted by molar-refractivity contribution is -0.114. The highest BCUT2D eigenvalue weighted by Crippen LogP contribution is 2.40. The fourth-order valence-corrected chi connectivity index (χ4v) is 5.26. The zero-order valence-electron chi connectivity index (χ0n) is 24.2. The van der Waals surface area contributed by atoms with Gasteiger partial charge in [-0.25, -0.2) is 4.98 Å². The fourth-order valence-electron chi connectivity index (χ4n) is 5.26. The summed E-state index contributed by atoms with van der Waals surface area (Å²) in [7, 11) is 4.00.